The number of likely N-dealkylation sites (tertiary alicyclic amines) is 1. The summed E-state index contributed by atoms with van der Waals surface area (Å²) in [5.41, 5.74) is -1.52. The molecule has 2 bridgehead atoms. The first-order chi connectivity index (χ1) is 18.5. The minimum Gasteiger partial charge on any atom is -0.394 e. The molecule has 3 aliphatic heterocycles. The summed E-state index contributed by atoms with van der Waals surface area (Å²) in [6.07, 6.45) is 4.52. The fourth-order valence-electron chi connectivity index (χ4n) is 7.03. The van der Waals surface area contributed by atoms with Gasteiger partial charge < -0.3 is 24.5 Å². The Hall–Kier alpha value is -2.68. The van der Waals surface area contributed by atoms with Crippen molar-refractivity contribution in [1.82, 2.24) is 9.80 Å². The number of ether oxygens (including phenoxy) is 1. The Morgan fingerprint density at radius 3 is 2.44 bits per heavy atom. The van der Waals surface area contributed by atoms with E-state index in [1.807, 2.05) is 20.8 Å². The van der Waals surface area contributed by atoms with Crippen LogP contribution in [0.25, 0.3) is 0 Å². The highest BCUT2D eigenvalue weighted by Gasteiger charge is 2.80. The molecule has 212 valence electrons. The number of amides is 3. The summed E-state index contributed by atoms with van der Waals surface area (Å²) < 4.78 is 6.82. The lowest BCUT2D eigenvalue weighted by Gasteiger charge is -2.39. The first-order valence-corrected chi connectivity index (χ1v) is 14.1. The van der Waals surface area contributed by atoms with Crippen molar-refractivity contribution in [3.63, 3.8) is 0 Å². The molecule has 3 heterocycles. The molecule has 3 saturated heterocycles. The van der Waals surface area contributed by atoms with Crippen LogP contribution >= 0.6 is 11.6 Å². The molecule has 3 fully saturated rings. The molecular weight excluding hydrogens is 518 g/mol. The first-order valence-electron chi connectivity index (χ1n) is 13.7. The highest BCUT2D eigenvalue weighted by molar-refractivity contribution is 6.30. The smallest absolute Gasteiger partial charge is 0.253 e. The summed E-state index contributed by atoms with van der Waals surface area (Å²) >= 11 is 6.11. The van der Waals surface area contributed by atoms with Crippen molar-refractivity contribution in [3.05, 3.63) is 54.6 Å². The van der Waals surface area contributed by atoms with Crippen molar-refractivity contribution < 1.29 is 24.2 Å². The molecule has 3 unspecified atom stereocenters. The SMILES string of the molecule is C=CCN(CCC)C(=O)[C@H]1[C@H]2C(=O)N([C@H](C)CO)C(C(=O)N(CC=C)c3ccc(Cl)cc3)C23CC(C)[C@]1(C)O3. The predicted octanol–water partition coefficient (Wildman–Crippen LogP) is 3.68. The Bertz CT molecular complexity index is 1140. The Morgan fingerprint density at radius 2 is 1.87 bits per heavy atom. The van der Waals surface area contributed by atoms with Gasteiger partial charge in [0.1, 0.15) is 11.6 Å². The second-order valence-corrected chi connectivity index (χ2v) is 11.7. The molecule has 0 saturated carbocycles. The van der Waals surface area contributed by atoms with Crippen LogP contribution in [0.5, 0.6) is 0 Å². The number of carbonyl (C=O) groups is 3. The summed E-state index contributed by atoms with van der Waals surface area (Å²) in [6.45, 7) is 16.0. The van der Waals surface area contributed by atoms with Crippen molar-refractivity contribution in [1.29, 1.82) is 0 Å². The average Bonchev–Trinajstić information content (AvgIpc) is 3.43. The molecule has 1 aromatic rings. The maximum Gasteiger partial charge on any atom is 0.253 e. The molecule has 3 aliphatic rings. The van der Waals surface area contributed by atoms with Gasteiger partial charge >= 0.3 is 0 Å². The van der Waals surface area contributed by atoms with Crippen molar-refractivity contribution in [3.8, 4) is 0 Å². The molecule has 1 N–H and O–H groups in total. The van der Waals surface area contributed by atoms with Gasteiger partial charge in [0, 0.05) is 30.3 Å². The summed E-state index contributed by atoms with van der Waals surface area (Å²) in [4.78, 5) is 47.7. The topological polar surface area (TPSA) is 90.4 Å². The summed E-state index contributed by atoms with van der Waals surface area (Å²) in [5, 5.41) is 10.7. The highest BCUT2D eigenvalue weighted by Crippen LogP contribution is 2.65. The Labute approximate surface area is 236 Å². The number of hydrogen-bond acceptors (Lipinski definition) is 5. The number of fused-ring (bicyclic) bond motifs is 1. The van der Waals surface area contributed by atoms with Crippen LogP contribution < -0.4 is 4.90 Å². The van der Waals surface area contributed by atoms with E-state index in [2.05, 4.69) is 13.2 Å². The van der Waals surface area contributed by atoms with Crippen molar-refractivity contribution in [2.24, 2.45) is 17.8 Å². The van der Waals surface area contributed by atoms with Gasteiger partial charge in [-0.05, 0) is 56.9 Å². The number of carbonyl (C=O) groups excluding carboxylic acids is 3. The van der Waals surface area contributed by atoms with E-state index >= 15 is 0 Å². The van der Waals surface area contributed by atoms with Gasteiger partial charge in [-0.2, -0.15) is 0 Å². The van der Waals surface area contributed by atoms with E-state index in [0.717, 1.165) is 6.42 Å². The van der Waals surface area contributed by atoms with Gasteiger partial charge in [-0.1, -0.05) is 37.6 Å². The number of nitrogens with zero attached hydrogens (tertiary/aromatic N) is 3. The van der Waals surface area contributed by atoms with E-state index in [4.69, 9.17) is 16.3 Å². The lowest BCUT2D eigenvalue weighted by molar-refractivity contribution is -0.153. The third-order valence-corrected chi connectivity index (χ3v) is 9.11. The molecule has 0 radical (unpaired) electrons. The molecular formula is C30H40ClN3O5. The Balaban J connectivity index is 1.85. The van der Waals surface area contributed by atoms with Gasteiger partial charge in [0.15, 0.2) is 0 Å². The third kappa shape index (κ3) is 4.50. The Kier molecular flexibility index (Phi) is 8.31. The fraction of sp³-hybridized carbons (Fsp3) is 0.567. The maximum atomic E-state index is 14.5. The normalized spacial score (nSPS) is 31.6. The van der Waals surface area contributed by atoms with E-state index in [1.165, 1.54) is 4.90 Å². The van der Waals surface area contributed by atoms with Crippen LogP contribution in [0, 0.1) is 17.8 Å². The number of aliphatic hydroxyl groups excluding tert-OH is 1. The molecule has 1 aromatic carbocycles. The minimum absolute atomic E-state index is 0.0780. The van der Waals surface area contributed by atoms with Gasteiger partial charge in [-0.15, -0.1) is 13.2 Å². The van der Waals surface area contributed by atoms with Crippen molar-refractivity contribution >= 4 is 35.0 Å². The zero-order chi connectivity index (χ0) is 28.7. The number of halogens is 1. The highest BCUT2D eigenvalue weighted by atomic mass is 35.5. The summed E-state index contributed by atoms with van der Waals surface area (Å²) in [5.74, 6) is -2.49. The molecule has 4 rings (SSSR count). The monoisotopic (exact) mass is 557 g/mol. The van der Waals surface area contributed by atoms with Crippen molar-refractivity contribution in [2.75, 3.05) is 31.1 Å². The average molecular weight is 558 g/mol. The van der Waals surface area contributed by atoms with Crippen LogP contribution in [0.2, 0.25) is 5.02 Å². The van der Waals surface area contributed by atoms with Gasteiger partial charge in [-0.3, -0.25) is 14.4 Å². The molecule has 1 spiro atoms. The second-order valence-electron chi connectivity index (χ2n) is 11.3. The van der Waals surface area contributed by atoms with Gasteiger partial charge in [0.05, 0.1) is 30.1 Å². The van der Waals surface area contributed by atoms with Crippen LogP contribution in [-0.2, 0) is 19.1 Å². The Morgan fingerprint density at radius 1 is 1.23 bits per heavy atom. The summed E-state index contributed by atoms with van der Waals surface area (Å²) in [7, 11) is 0. The van der Waals surface area contributed by atoms with Crippen molar-refractivity contribution in [2.45, 2.75) is 63.8 Å². The fourth-order valence-corrected chi connectivity index (χ4v) is 7.15. The number of hydrogen-bond donors (Lipinski definition) is 1. The van der Waals surface area contributed by atoms with Gasteiger partial charge in [0.2, 0.25) is 11.8 Å². The predicted molar refractivity (Wildman–Crippen MR) is 151 cm³/mol. The largest absolute Gasteiger partial charge is 0.394 e. The molecule has 3 amide bonds. The molecule has 8 nitrogen and oxygen atoms in total. The molecule has 9 heteroatoms. The van der Waals surface area contributed by atoms with E-state index in [-0.39, 0.29) is 36.8 Å². The summed E-state index contributed by atoms with van der Waals surface area (Å²) in [6, 6.07) is 5.23. The van der Waals surface area contributed by atoms with Crippen LogP contribution in [-0.4, -0.2) is 82.2 Å². The first kappa shape index (κ1) is 29.3. The van der Waals surface area contributed by atoms with Crippen LogP contribution in [0.4, 0.5) is 5.69 Å². The van der Waals surface area contributed by atoms with Gasteiger partial charge in [0.25, 0.3) is 5.91 Å². The van der Waals surface area contributed by atoms with E-state index < -0.39 is 35.1 Å². The number of anilines is 1. The molecule has 39 heavy (non-hydrogen) atoms. The standard InChI is InChI=1S/C30H40ClN3O5/c1-7-14-32(15-8-2)26(36)23-24-27(37)34(20(5)18-35)25(30(24)17-19(4)29(23,6)39-30)28(38)33(16-9-3)22-12-10-21(31)11-13-22/h7,9-13,19-20,23-25,35H,1,3,8,14-18H2,2,4-6H3/t19?,20-,23-,24+,25?,29+,30?/m1/s1. The minimum atomic E-state index is -1.20. The number of rotatable bonds is 11. The quantitative estimate of drug-likeness (QED) is 0.419. The van der Waals surface area contributed by atoms with Crippen LogP contribution in [0.3, 0.4) is 0 Å². The van der Waals surface area contributed by atoms with Crippen LogP contribution in [0.15, 0.2) is 49.6 Å². The van der Waals surface area contributed by atoms with Crippen LogP contribution in [0.1, 0.15) is 40.5 Å². The number of aliphatic hydroxyl groups is 1. The van der Waals surface area contributed by atoms with E-state index in [9.17, 15) is 19.5 Å². The molecule has 7 atom stereocenters. The zero-order valence-corrected chi connectivity index (χ0v) is 24.1. The van der Waals surface area contributed by atoms with Gasteiger partial charge in [-0.25, -0.2) is 0 Å². The lowest BCUT2D eigenvalue weighted by Crippen LogP contribution is -2.58. The second kappa shape index (κ2) is 11.1. The third-order valence-electron chi connectivity index (χ3n) is 8.86. The molecule has 0 aromatic heterocycles. The number of benzene rings is 1. The molecule has 0 aliphatic carbocycles. The maximum absolute atomic E-state index is 14.5. The van der Waals surface area contributed by atoms with E-state index in [0.29, 0.717) is 30.2 Å². The lowest BCUT2D eigenvalue weighted by atomic mass is 9.62. The zero-order valence-electron chi connectivity index (χ0n) is 23.3. The van der Waals surface area contributed by atoms with E-state index in [1.54, 1.807) is 53.1 Å².